The molecule has 1 aromatic heterocycles. The van der Waals surface area contributed by atoms with E-state index in [2.05, 4.69) is 15.6 Å². The Labute approximate surface area is 197 Å². The van der Waals surface area contributed by atoms with E-state index in [4.69, 9.17) is 4.74 Å². The molecule has 0 bridgehead atoms. The standard InChI is InChI=1S/C25H28N6O3/c32-24(29-11-13-31(14-12-29)28-25(33)30-15-17-34-18-16-30)20-8-5-19(6-9-20)7-10-23-21-3-1-2-4-22(21)26-27-23/h1-10H,11-18H2,(H,26,27)(H,28,33)/b10-7+. The third-order valence-electron chi connectivity index (χ3n) is 6.21. The summed E-state index contributed by atoms with van der Waals surface area (Å²) in [6.45, 7) is 4.68. The number of hydrazine groups is 1. The molecule has 2 aliphatic heterocycles. The van der Waals surface area contributed by atoms with E-state index in [1.165, 1.54) is 0 Å². The Kier molecular flexibility index (Phi) is 6.55. The monoisotopic (exact) mass is 460 g/mol. The lowest BCUT2D eigenvalue weighted by Gasteiger charge is -2.36. The minimum atomic E-state index is -0.102. The number of fused-ring (bicyclic) bond motifs is 1. The molecule has 3 aromatic rings. The largest absolute Gasteiger partial charge is 0.378 e. The maximum atomic E-state index is 12.9. The summed E-state index contributed by atoms with van der Waals surface area (Å²) in [7, 11) is 0. The van der Waals surface area contributed by atoms with E-state index < -0.39 is 0 Å². The number of urea groups is 1. The van der Waals surface area contributed by atoms with Crippen molar-refractivity contribution in [1.29, 1.82) is 0 Å². The van der Waals surface area contributed by atoms with E-state index in [1.807, 2.05) is 70.6 Å². The molecule has 2 fully saturated rings. The van der Waals surface area contributed by atoms with Gasteiger partial charge in [0.1, 0.15) is 0 Å². The Morgan fingerprint density at radius 2 is 1.62 bits per heavy atom. The van der Waals surface area contributed by atoms with Crippen molar-refractivity contribution in [2.45, 2.75) is 0 Å². The molecule has 34 heavy (non-hydrogen) atoms. The highest BCUT2D eigenvalue weighted by Gasteiger charge is 2.25. The molecule has 2 N–H and O–H groups in total. The number of carbonyl (C=O) groups excluding carboxylic acids is 2. The van der Waals surface area contributed by atoms with Crippen molar-refractivity contribution in [2.24, 2.45) is 0 Å². The van der Waals surface area contributed by atoms with E-state index in [0.29, 0.717) is 58.0 Å². The summed E-state index contributed by atoms with van der Waals surface area (Å²) in [4.78, 5) is 28.9. The molecule has 0 radical (unpaired) electrons. The number of para-hydroxylation sites is 1. The van der Waals surface area contributed by atoms with Crippen LogP contribution in [0.25, 0.3) is 23.1 Å². The number of nitrogens with zero attached hydrogens (tertiary/aromatic N) is 4. The van der Waals surface area contributed by atoms with Gasteiger partial charge < -0.3 is 14.5 Å². The highest BCUT2D eigenvalue weighted by atomic mass is 16.5. The van der Waals surface area contributed by atoms with E-state index in [0.717, 1.165) is 22.2 Å². The Balaban J connectivity index is 1.14. The van der Waals surface area contributed by atoms with E-state index >= 15 is 0 Å². The van der Waals surface area contributed by atoms with Crippen molar-refractivity contribution in [3.8, 4) is 0 Å². The van der Waals surface area contributed by atoms with Crippen LogP contribution < -0.4 is 5.43 Å². The van der Waals surface area contributed by atoms with Gasteiger partial charge in [0.15, 0.2) is 0 Å². The van der Waals surface area contributed by atoms with Gasteiger partial charge in [-0.1, -0.05) is 36.4 Å². The van der Waals surface area contributed by atoms with Crippen LogP contribution in [0.3, 0.4) is 0 Å². The van der Waals surface area contributed by atoms with Crippen molar-refractivity contribution in [3.05, 3.63) is 65.4 Å². The van der Waals surface area contributed by atoms with Crippen molar-refractivity contribution < 1.29 is 14.3 Å². The number of morpholine rings is 1. The second kappa shape index (κ2) is 10.1. The van der Waals surface area contributed by atoms with Crippen molar-refractivity contribution in [3.63, 3.8) is 0 Å². The molecule has 9 nitrogen and oxygen atoms in total. The maximum Gasteiger partial charge on any atom is 0.332 e. The fourth-order valence-corrected chi connectivity index (χ4v) is 4.20. The zero-order chi connectivity index (χ0) is 23.3. The highest BCUT2D eigenvalue weighted by molar-refractivity contribution is 5.95. The summed E-state index contributed by atoms with van der Waals surface area (Å²) >= 11 is 0. The number of hydrogen-bond acceptors (Lipinski definition) is 5. The molecule has 0 saturated carbocycles. The fraction of sp³-hybridized carbons (Fsp3) is 0.320. The first-order chi connectivity index (χ1) is 16.7. The smallest absolute Gasteiger partial charge is 0.332 e. The van der Waals surface area contributed by atoms with Gasteiger partial charge in [-0.2, -0.15) is 5.10 Å². The average molecular weight is 461 g/mol. The molecule has 2 saturated heterocycles. The van der Waals surface area contributed by atoms with Crippen molar-refractivity contribution >= 4 is 35.0 Å². The summed E-state index contributed by atoms with van der Waals surface area (Å²) in [5.41, 5.74) is 6.49. The minimum absolute atomic E-state index is 0.00739. The molecule has 0 unspecified atom stereocenters. The van der Waals surface area contributed by atoms with Crippen LogP contribution in [0.4, 0.5) is 4.79 Å². The van der Waals surface area contributed by atoms with Crippen molar-refractivity contribution in [2.75, 3.05) is 52.5 Å². The van der Waals surface area contributed by atoms with E-state index in [9.17, 15) is 9.59 Å². The number of H-pyrrole nitrogens is 1. The molecule has 0 atom stereocenters. The van der Waals surface area contributed by atoms with Gasteiger partial charge in [0.2, 0.25) is 0 Å². The summed E-state index contributed by atoms with van der Waals surface area (Å²) in [5.74, 6) is 0.00739. The zero-order valence-electron chi connectivity index (χ0n) is 18.9. The number of rotatable bonds is 4. The molecule has 176 valence electrons. The summed E-state index contributed by atoms with van der Waals surface area (Å²) in [6.07, 6.45) is 3.97. The van der Waals surface area contributed by atoms with Gasteiger partial charge in [-0.3, -0.25) is 15.3 Å². The SMILES string of the molecule is O=C(NN1CCN(C(=O)c2ccc(/C=C/c3n[nH]c4ccccc34)cc2)CC1)N1CCOCC1. The Morgan fingerprint density at radius 1 is 0.882 bits per heavy atom. The predicted molar refractivity (Wildman–Crippen MR) is 130 cm³/mol. The highest BCUT2D eigenvalue weighted by Crippen LogP contribution is 2.18. The number of aromatic amines is 1. The van der Waals surface area contributed by atoms with Gasteiger partial charge in [-0.15, -0.1) is 0 Å². The Hall–Kier alpha value is -3.69. The molecule has 5 rings (SSSR count). The predicted octanol–water partition coefficient (Wildman–Crippen LogP) is 2.45. The lowest BCUT2D eigenvalue weighted by atomic mass is 10.1. The van der Waals surface area contributed by atoms with Crippen LogP contribution >= 0.6 is 0 Å². The van der Waals surface area contributed by atoms with Crippen LogP contribution in [0.15, 0.2) is 48.5 Å². The second-order valence-electron chi connectivity index (χ2n) is 8.41. The number of hydrogen-bond donors (Lipinski definition) is 2. The topological polar surface area (TPSA) is 93.8 Å². The lowest BCUT2D eigenvalue weighted by Crippen LogP contribution is -2.58. The molecule has 2 aromatic carbocycles. The van der Waals surface area contributed by atoms with Crippen molar-refractivity contribution in [1.82, 2.24) is 30.4 Å². The number of ether oxygens (including phenoxy) is 1. The number of aromatic nitrogens is 2. The molecule has 0 aliphatic carbocycles. The first kappa shape index (κ1) is 22.1. The first-order valence-electron chi connectivity index (χ1n) is 11.6. The lowest BCUT2D eigenvalue weighted by molar-refractivity contribution is 0.0378. The van der Waals surface area contributed by atoms with Crippen LogP contribution in [0, 0.1) is 0 Å². The Morgan fingerprint density at radius 3 is 2.38 bits per heavy atom. The maximum absolute atomic E-state index is 12.9. The molecule has 9 heteroatoms. The first-order valence-corrected chi connectivity index (χ1v) is 11.6. The molecule has 2 aliphatic rings. The average Bonchev–Trinajstić information content (AvgIpc) is 3.31. The van der Waals surface area contributed by atoms with Gasteiger partial charge in [0.05, 0.1) is 24.4 Å². The summed E-state index contributed by atoms with van der Waals surface area (Å²) < 4.78 is 5.29. The van der Waals surface area contributed by atoms with Gasteiger partial charge in [-0.25, -0.2) is 9.80 Å². The molecular formula is C25H28N6O3. The molecular weight excluding hydrogens is 432 g/mol. The third kappa shape index (κ3) is 4.95. The van der Waals surface area contributed by atoms with Gasteiger partial charge in [0, 0.05) is 50.2 Å². The quantitative estimate of drug-likeness (QED) is 0.624. The third-order valence-corrected chi connectivity index (χ3v) is 6.21. The number of benzene rings is 2. The zero-order valence-corrected chi connectivity index (χ0v) is 18.9. The minimum Gasteiger partial charge on any atom is -0.378 e. The van der Waals surface area contributed by atoms with Gasteiger partial charge in [0.25, 0.3) is 5.91 Å². The second-order valence-corrected chi connectivity index (χ2v) is 8.41. The number of carbonyl (C=O) groups is 2. The number of piperazine rings is 1. The van der Waals surface area contributed by atoms with Gasteiger partial charge in [-0.05, 0) is 29.8 Å². The van der Waals surface area contributed by atoms with Crippen LogP contribution in [-0.4, -0.2) is 89.4 Å². The number of nitrogens with one attached hydrogen (secondary N) is 2. The normalized spacial score (nSPS) is 17.4. The fourth-order valence-electron chi connectivity index (χ4n) is 4.20. The van der Waals surface area contributed by atoms with Crippen LogP contribution in [0.1, 0.15) is 21.6 Å². The van der Waals surface area contributed by atoms with E-state index in [-0.39, 0.29) is 11.9 Å². The molecule has 0 spiro atoms. The number of amides is 3. The molecule has 3 amide bonds. The van der Waals surface area contributed by atoms with Gasteiger partial charge >= 0.3 is 6.03 Å². The van der Waals surface area contributed by atoms with Crippen LogP contribution in [0.2, 0.25) is 0 Å². The van der Waals surface area contributed by atoms with Crippen LogP contribution in [0.5, 0.6) is 0 Å². The van der Waals surface area contributed by atoms with Crippen LogP contribution in [-0.2, 0) is 4.74 Å². The summed E-state index contributed by atoms with van der Waals surface area (Å²) in [5, 5.41) is 10.3. The Bertz CT molecular complexity index is 1170. The van der Waals surface area contributed by atoms with E-state index in [1.54, 1.807) is 4.90 Å². The molecule has 3 heterocycles. The summed E-state index contributed by atoms with van der Waals surface area (Å²) in [6, 6.07) is 15.5.